The number of hydrogen-bond acceptors (Lipinski definition) is 5. The Bertz CT molecular complexity index is 289. The minimum absolute atomic E-state index is 0.0377. The summed E-state index contributed by atoms with van der Waals surface area (Å²) in [6.45, 7) is 0.621. The van der Waals surface area contributed by atoms with E-state index in [1.54, 1.807) is 7.05 Å². The van der Waals surface area contributed by atoms with Crippen molar-refractivity contribution in [2.75, 3.05) is 13.6 Å². The SMILES string of the molecule is CNCCC(O)C(O)c1ccc(O)cn1. The topological polar surface area (TPSA) is 85.6 Å². The highest BCUT2D eigenvalue weighted by molar-refractivity contribution is 5.19. The highest BCUT2D eigenvalue weighted by Crippen LogP contribution is 2.18. The molecule has 5 nitrogen and oxygen atoms in total. The number of aromatic hydroxyl groups is 1. The maximum Gasteiger partial charge on any atom is 0.133 e. The summed E-state index contributed by atoms with van der Waals surface area (Å²) in [5, 5.41) is 31.1. The first-order valence-electron chi connectivity index (χ1n) is 4.80. The summed E-state index contributed by atoms with van der Waals surface area (Å²) in [5.41, 5.74) is 0.358. The Labute approximate surface area is 88.4 Å². The Hall–Kier alpha value is -1.17. The normalized spacial score (nSPS) is 14.9. The average Bonchev–Trinajstić information content (AvgIpc) is 2.26. The van der Waals surface area contributed by atoms with Gasteiger partial charge in [-0.05, 0) is 32.1 Å². The zero-order valence-electron chi connectivity index (χ0n) is 8.59. The smallest absolute Gasteiger partial charge is 0.133 e. The Morgan fingerprint density at radius 1 is 1.40 bits per heavy atom. The van der Waals surface area contributed by atoms with Crippen LogP contribution in [0.3, 0.4) is 0 Å². The molecule has 0 fully saturated rings. The number of aliphatic hydroxyl groups is 2. The second kappa shape index (κ2) is 5.65. The molecule has 1 aromatic heterocycles. The fraction of sp³-hybridized carbons (Fsp3) is 0.500. The molecule has 1 heterocycles. The fourth-order valence-corrected chi connectivity index (χ4v) is 1.22. The zero-order chi connectivity index (χ0) is 11.3. The van der Waals surface area contributed by atoms with E-state index >= 15 is 0 Å². The van der Waals surface area contributed by atoms with Gasteiger partial charge in [0.2, 0.25) is 0 Å². The van der Waals surface area contributed by atoms with E-state index in [0.717, 1.165) is 0 Å². The van der Waals surface area contributed by atoms with Gasteiger partial charge in [0.15, 0.2) is 0 Å². The van der Waals surface area contributed by atoms with Gasteiger partial charge in [-0.25, -0.2) is 0 Å². The lowest BCUT2D eigenvalue weighted by molar-refractivity contribution is 0.0115. The molecule has 0 saturated carbocycles. The summed E-state index contributed by atoms with van der Waals surface area (Å²) in [4.78, 5) is 3.83. The molecule has 2 atom stereocenters. The Kier molecular flexibility index (Phi) is 4.48. The predicted molar refractivity (Wildman–Crippen MR) is 55.4 cm³/mol. The van der Waals surface area contributed by atoms with Crippen LogP contribution in [-0.4, -0.2) is 40.0 Å². The monoisotopic (exact) mass is 212 g/mol. The van der Waals surface area contributed by atoms with Crippen LogP contribution >= 0.6 is 0 Å². The van der Waals surface area contributed by atoms with Crippen LogP contribution in [0.25, 0.3) is 0 Å². The van der Waals surface area contributed by atoms with Gasteiger partial charge < -0.3 is 20.6 Å². The Morgan fingerprint density at radius 2 is 2.13 bits per heavy atom. The Balaban J connectivity index is 2.59. The maximum atomic E-state index is 9.68. The van der Waals surface area contributed by atoms with Crippen molar-refractivity contribution < 1.29 is 15.3 Å². The molecule has 0 aliphatic rings. The first-order chi connectivity index (χ1) is 7.15. The van der Waals surface area contributed by atoms with Gasteiger partial charge in [-0.3, -0.25) is 4.98 Å². The van der Waals surface area contributed by atoms with E-state index in [2.05, 4.69) is 10.3 Å². The molecule has 0 radical (unpaired) electrons. The summed E-state index contributed by atoms with van der Waals surface area (Å²) in [6.07, 6.45) is -0.183. The summed E-state index contributed by atoms with van der Waals surface area (Å²) >= 11 is 0. The lowest BCUT2D eigenvalue weighted by Crippen LogP contribution is -2.23. The standard InChI is InChI=1S/C10H16N2O3/c1-11-5-4-9(14)10(15)8-3-2-7(13)6-12-8/h2-3,6,9-11,13-15H,4-5H2,1H3. The molecule has 15 heavy (non-hydrogen) atoms. The molecule has 4 N–H and O–H groups in total. The molecule has 1 aromatic rings. The fourth-order valence-electron chi connectivity index (χ4n) is 1.22. The number of pyridine rings is 1. The quantitative estimate of drug-likeness (QED) is 0.542. The van der Waals surface area contributed by atoms with Crippen molar-refractivity contribution in [1.29, 1.82) is 0 Å². The summed E-state index contributed by atoms with van der Waals surface area (Å²) in [5.74, 6) is 0.0377. The molecule has 0 amide bonds. The average molecular weight is 212 g/mol. The van der Waals surface area contributed by atoms with E-state index in [1.807, 2.05) is 0 Å². The number of nitrogens with zero attached hydrogens (tertiary/aromatic N) is 1. The van der Waals surface area contributed by atoms with Gasteiger partial charge >= 0.3 is 0 Å². The molecule has 0 aromatic carbocycles. The minimum Gasteiger partial charge on any atom is -0.506 e. The van der Waals surface area contributed by atoms with E-state index < -0.39 is 12.2 Å². The molecular formula is C10H16N2O3. The van der Waals surface area contributed by atoms with Crippen LogP contribution < -0.4 is 5.32 Å². The van der Waals surface area contributed by atoms with Crippen LogP contribution in [0.4, 0.5) is 0 Å². The van der Waals surface area contributed by atoms with Gasteiger partial charge in [-0.15, -0.1) is 0 Å². The summed E-state index contributed by atoms with van der Waals surface area (Å²) in [7, 11) is 1.78. The highest BCUT2D eigenvalue weighted by atomic mass is 16.3. The zero-order valence-corrected chi connectivity index (χ0v) is 8.59. The number of hydrogen-bond donors (Lipinski definition) is 4. The lowest BCUT2D eigenvalue weighted by atomic mass is 10.1. The van der Waals surface area contributed by atoms with Crippen molar-refractivity contribution in [1.82, 2.24) is 10.3 Å². The molecule has 84 valence electrons. The molecule has 1 rings (SSSR count). The molecule has 0 spiro atoms. The molecule has 0 bridgehead atoms. The van der Waals surface area contributed by atoms with Crippen molar-refractivity contribution in [3.05, 3.63) is 24.0 Å². The van der Waals surface area contributed by atoms with E-state index in [-0.39, 0.29) is 5.75 Å². The van der Waals surface area contributed by atoms with Crippen LogP contribution in [-0.2, 0) is 0 Å². The third-order valence-corrected chi connectivity index (χ3v) is 2.13. The first kappa shape index (κ1) is 11.9. The van der Waals surface area contributed by atoms with Crippen LogP contribution in [0.15, 0.2) is 18.3 Å². The van der Waals surface area contributed by atoms with Crippen LogP contribution in [0, 0.1) is 0 Å². The lowest BCUT2D eigenvalue weighted by Gasteiger charge is -2.16. The van der Waals surface area contributed by atoms with Crippen LogP contribution in [0.5, 0.6) is 5.75 Å². The van der Waals surface area contributed by atoms with Gasteiger partial charge in [-0.2, -0.15) is 0 Å². The van der Waals surface area contributed by atoms with Gasteiger partial charge in [0.25, 0.3) is 0 Å². The third-order valence-electron chi connectivity index (χ3n) is 2.13. The molecule has 0 saturated heterocycles. The van der Waals surface area contributed by atoms with Gasteiger partial charge in [-0.1, -0.05) is 0 Å². The second-order valence-electron chi connectivity index (χ2n) is 3.35. The highest BCUT2D eigenvalue weighted by Gasteiger charge is 2.18. The number of nitrogens with one attached hydrogen (secondary N) is 1. The van der Waals surface area contributed by atoms with Crippen molar-refractivity contribution >= 4 is 0 Å². The first-order valence-corrected chi connectivity index (χ1v) is 4.80. The molecule has 5 heteroatoms. The number of aliphatic hydroxyl groups excluding tert-OH is 2. The third kappa shape index (κ3) is 3.47. The van der Waals surface area contributed by atoms with E-state index in [1.165, 1.54) is 18.3 Å². The molecule has 0 aliphatic heterocycles. The number of rotatable bonds is 5. The van der Waals surface area contributed by atoms with Crippen molar-refractivity contribution in [2.24, 2.45) is 0 Å². The van der Waals surface area contributed by atoms with Gasteiger partial charge in [0.1, 0.15) is 11.9 Å². The van der Waals surface area contributed by atoms with E-state index in [9.17, 15) is 10.2 Å². The second-order valence-corrected chi connectivity index (χ2v) is 3.35. The van der Waals surface area contributed by atoms with E-state index in [0.29, 0.717) is 18.7 Å². The predicted octanol–water partition coefficient (Wildman–Crippen LogP) is -0.209. The molecule has 0 aliphatic carbocycles. The molecule has 2 unspecified atom stereocenters. The van der Waals surface area contributed by atoms with Gasteiger partial charge in [0.05, 0.1) is 18.0 Å². The minimum atomic E-state index is -1.01. The van der Waals surface area contributed by atoms with Crippen molar-refractivity contribution in [2.45, 2.75) is 18.6 Å². The largest absolute Gasteiger partial charge is 0.506 e. The Morgan fingerprint density at radius 3 is 2.67 bits per heavy atom. The van der Waals surface area contributed by atoms with Gasteiger partial charge in [0, 0.05) is 0 Å². The van der Waals surface area contributed by atoms with E-state index in [4.69, 9.17) is 5.11 Å². The molecular weight excluding hydrogens is 196 g/mol. The van der Waals surface area contributed by atoms with Crippen molar-refractivity contribution in [3.63, 3.8) is 0 Å². The van der Waals surface area contributed by atoms with Crippen LogP contribution in [0.2, 0.25) is 0 Å². The maximum absolute atomic E-state index is 9.68. The van der Waals surface area contributed by atoms with Crippen LogP contribution in [0.1, 0.15) is 18.2 Å². The summed E-state index contributed by atoms with van der Waals surface area (Å²) in [6, 6.07) is 2.92. The number of aromatic nitrogens is 1. The summed E-state index contributed by atoms with van der Waals surface area (Å²) < 4.78 is 0. The van der Waals surface area contributed by atoms with Crippen molar-refractivity contribution in [3.8, 4) is 5.75 Å².